The molecule has 1 unspecified atom stereocenters. The number of fused-ring (bicyclic) bond motifs is 1. The lowest BCUT2D eigenvalue weighted by molar-refractivity contribution is 0.0939. The Morgan fingerprint density at radius 2 is 1.72 bits per heavy atom. The lowest BCUT2D eigenvalue weighted by Crippen LogP contribution is -2.28. The Labute approximate surface area is 191 Å². The number of carbonyl (C=O) groups is 1. The summed E-state index contributed by atoms with van der Waals surface area (Å²) in [6.45, 7) is 12.5. The summed E-state index contributed by atoms with van der Waals surface area (Å²) in [4.78, 5) is 13.1. The number of allylic oxidation sites excluding steroid dienone is 2. The average molecular weight is 423 g/mol. The Morgan fingerprint density at radius 1 is 1.00 bits per heavy atom. The zero-order chi connectivity index (χ0) is 22.9. The van der Waals surface area contributed by atoms with Crippen LogP contribution in [-0.2, 0) is 6.42 Å². The highest BCUT2D eigenvalue weighted by atomic mass is 16.1. The molecule has 3 heteroatoms. The van der Waals surface area contributed by atoms with Crippen LogP contribution in [-0.4, -0.2) is 12.5 Å². The van der Waals surface area contributed by atoms with Gasteiger partial charge in [0.2, 0.25) is 0 Å². The smallest absolute Gasteiger partial charge is 0.252 e. The van der Waals surface area contributed by atoms with E-state index in [9.17, 15) is 4.79 Å². The molecule has 162 valence electrons. The zero-order valence-corrected chi connectivity index (χ0v) is 18.9. The highest BCUT2D eigenvalue weighted by molar-refractivity contribution is 5.96. The number of carbonyl (C=O) groups excluding carboxylic acids is 1. The Hall–Kier alpha value is -3.77. The third-order valence-corrected chi connectivity index (χ3v) is 5.42. The SMILES string of the molecule is C=C(C#CCNC(=C)Cc1ccccc1C(=O)NC(C)c1cccc2ccccc12)CC. The molecule has 0 bridgehead atoms. The van der Waals surface area contributed by atoms with Gasteiger partial charge in [0.1, 0.15) is 0 Å². The molecule has 0 aliphatic rings. The van der Waals surface area contributed by atoms with Crippen LogP contribution in [0, 0.1) is 11.8 Å². The van der Waals surface area contributed by atoms with E-state index >= 15 is 0 Å². The molecule has 0 aromatic heterocycles. The van der Waals surface area contributed by atoms with Crippen molar-refractivity contribution in [1.29, 1.82) is 0 Å². The van der Waals surface area contributed by atoms with Gasteiger partial charge >= 0.3 is 0 Å². The predicted octanol–water partition coefficient (Wildman–Crippen LogP) is 5.95. The highest BCUT2D eigenvalue weighted by Crippen LogP contribution is 2.24. The van der Waals surface area contributed by atoms with E-state index in [4.69, 9.17) is 0 Å². The molecule has 0 saturated heterocycles. The third-order valence-electron chi connectivity index (χ3n) is 5.42. The van der Waals surface area contributed by atoms with Gasteiger partial charge in [0.25, 0.3) is 5.91 Å². The normalized spacial score (nSPS) is 11.2. The Kier molecular flexibility index (Phi) is 7.89. The van der Waals surface area contributed by atoms with Gasteiger partial charge in [-0.1, -0.05) is 92.6 Å². The number of nitrogens with one attached hydrogen (secondary N) is 2. The average Bonchev–Trinajstić information content (AvgIpc) is 2.81. The molecule has 1 amide bonds. The maximum absolute atomic E-state index is 13.1. The van der Waals surface area contributed by atoms with Crippen LogP contribution >= 0.6 is 0 Å². The van der Waals surface area contributed by atoms with Crippen LogP contribution in [0.25, 0.3) is 10.8 Å². The summed E-state index contributed by atoms with van der Waals surface area (Å²) < 4.78 is 0. The molecule has 3 rings (SSSR count). The molecule has 1 atom stereocenters. The standard InChI is InChI=1S/C29H30N2O/c1-5-21(2)12-11-19-30-22(3)20-25-14-7-9-17-28(25)29(32)31-23(4)26-18-10-15-24-13-6-8-16-27(24)26/h6-10,13-18,23,30H,2-3,5,19-20H2,1,4H3,(H,31,32). The van der Waals surface area contributed by atoms with Crippen molar-refractivity contribution in [2.45, 2.75) is 32.7 Å². The number of hydrogen-bond donors (Lipinski definition) is 2. The van der Waals surface area contributed by atoms with Gasteiger partial charge in [-0.05, 0) is 46.9 Å². The molecule has 3 aromatic rings. The monoisotopic (exact) mass is 422 g/mol. The summed E-state index contributed by atoms with van der Waals surface area (Å²) in [5.74, 6) is 5.98. The second-order valence-corrected chi connectivity index (χ2v) is 7.81. The van der Waals surface area contributed by atoms with Crippen molar-refractivity contribution in [1.82, 2.24) is 10.6 Å². The van der Waals surface area contributed by atoms with Crippen molar-refractivity contribution in [3.8, 4) is 11.8 Å². The number of amides is 1. The largest absolute Gasteiger partial charge is 0.378 e. The van der Waals surface area contributed by atoms with E-state index in [1.165, 1.54) is 5.39 Å². The van der Waals surface area contributed by atoms with Gasteiger partial charge in [0, 0.05) is 17.7 Å². The first-order valence-corrected chi connectivity index (χ1v) is 10.9. The highest BCUT2D eigenvalue weighted by Gasteiger charge is 2.16. The van der Waals surface area contributed by atoms with Crippen LogP contribution in [0.3, 0.4) is 0 Å². The topological polar surface area (TPSA) is 41.1 Å². The van der Waals surface area contributed by atoms with Gasteiger partial charge in [0.15, 0.2) is 0 Å². The lowest BCUT2D eigenvalue weighted by atomic mass is 9.98. The maximum atomic E-state index is 13.1. The fourth-order valence-corrected chi connectivity index (χ4v) is 3.60. The van der Waals surface area contributed by atoms with Crippen LogP contribution < -0.4 is 10.6 Å². The lowest BCUT2D eigenvalue weighted by Gasteiger charge is -2.18. The summed E-state index contributed by atoms with van der Waals surface area (Å²) in [6, 6.07) is 22.0. The van der Waals surface area contributed by atoms with Crippen molar-refractivity contribution in [2.75, 3.05) is 6.54 Å². The van der Waals surface area contributed by atoms with Crippen molar-refractivity contribution in [2.24, 2.45) is 0 Å². The van der Waals surface area contributed by atoms with Gasteiger partial charge in [-0.2, -0.15) is 0 Å². The molecule has 0 aliphatic heterocycles. The van der Waals surface area contributed by atoms with Crippen LogP contribution in [0.5, 0.6) is 0 Å². The first kappa shape index (κ1) is 22.9. The second-order valence-electron chi connectivity index (χ2n) is 7.81. The van der Waals surface area contributed by atoms with Crippen molar-refractivity contribution >= 4 is 16.7 Å². The van der Waals surface area contributed by atoms with E-state index < -0.39 is 0 Å². The summed E-state index contributed by atoms with van der Waals surface area (Å²) in [5, 5.41) is 8.71. The Bertz CT molecular complexity index is 1190. The molecule has 32 heavy (non-hydrogen) atoms. The predicted molar refractivity (Wildman–Crippen MR) is 134 cm³/mol. The van der Waals surface area contributed by atoms with Crippen LogP contribution in [0.1, 0.15) is 47.8 Å². The Morgan fingerprint density at radius 3 is 2.53 bits per heavy atom. The fourth-order valence-electron chi connectivity index (χ4n) is 3.60. The zero-order valence-electron chi connectivity index (χ0n) is 18.9. The van der Waals surface area contributed by atoms with Crippen molar-refractivity contribution in [3.63, 3.8) is 0 Å². The number of hydrogen-bond acceptors (Lipinski definition) is 2. The summed E-state index contributed by atoms with van der Waals surface area (Å²) in [7, 11) is 0. The van der Waals surface area contributed by atoms with E-state index in [1.54, 1.807) is 0 Å². The molecule has 3 aromatic carbocycles. The first-order chi connectivity index (χ1) is 15.5. The van der Waals surface area contributed by atoms with Gasteiger partial charge in [0.05, 0.1) is 12.6 Å². The van der Waals surface area contributed by atoms with Crippen LogP contribution in [0.4, 0.5) is 0 Å². The molecule has 2 N–H and O–H groups in total. The molecule has 0 fully saturated rings. The minimum absolute atomic E-state index is 0.0899. The first-order valence-electron chi connectivity index (χ1n) is 10.9. The van der Waals surface area contributed by atoms with Gasteiger partial charge in [-0.3, -0.25) is 4.79 Å². The van der Waals surface area contributed by atoms with E-state index in [2.05, 4.69) is 59.9 Å². The molecule has 0 aliphatic carbocycles. The summed E-state index contributed by atoms with van der Waals surface area (Å²) >= 11 is 0. The molecule has 0 spiro atoms. The van der Waals surface area contributed by atoms with Gasteiger partial charge in [-0.15, -0.1) is 0 Å². The maximum Gasteiger partial charge on any atom is 0.252 e. The van der Waals surface area contributed by atoms with E-state index in [0.29, 0.717) is 18.5 Å². The molecule has 0 heterocycles. The van der Waals surface area contributed by atoms with Gasteiger partial charge in [-0.25, -0.2) is 0 Å². The van der Waals surface area contributed by atoms with Crippen molar-refractivity contribution < 1.29 is 4.79 Å². The van der Waals surface area contributed by atoms with Gasteiger partial charge < -0.3 is 10.6 Å². The van der Waals surface area contributed by atoms with E-state index in [1.807, 2.05) is 56.3 Å². The summed E-state index contributed by atoms with van der Waals surface area (Å²) in [6.07, 6.45) is 1.41. The van der Waals surface area contributed by atoms with Crippen molar-refractivity contribution in [3.05, 3.63) is 108 Å². The van der Waals surface area contributed by atoms with E-state index in [-0.39, 0.29) is 11.9 Å². The van der Waals surface area contributed by atoms with Crippen LogP contribution in [0.2, 0.25) is 0 Å². The molecular formula is C29H30N2O. The third kappa shape index (κ3) is 5.89. The number of rotatable bonds is 8. The summed E-state index contributed by atoms with van der Waals surface area (Å²) in [5.41, 5.74) is 4.43. The minimum Gasteiger partial charge on any atom is -0.378 e. The molecule has 0 radical (unpaired) electrons. The Balaban J connectivity index is 1.69. The minimum atomic E-state index is -0.120. The second kappa shape index (κ2) is 11.0. The van der Waals surface area contributed by atoms with E-state index in [0.717, 1.165) is 34.2 Å². The van der Waals surface area contributed by atoms with Crippen LogP contribution in [0.15, 0.2) is 91.2 Å². The number of benzene rings is 3. The molecule has 3 nitrogen and oxygen atoms in total. The quantitative estimate of drug-likeness (QED) is 0.441. The fraction of sp³-hybridized carbons (Fsp3) is 0.207. The molecular weight excluding hydrogens is 392 g/mol. The molecule has 0 saturated carbocycles.